The summed E-state index contributed by atoms with van der Waals surface area (Å²) in [4.78, 5) is 39.7. The average Bonchev–Trinajstić information content (AvgIpc) is 3.08. The molecule has 1 aromatic rings. The van der Waals surface area contributed by atoms with Crippen molar-refractivity contribution in [2.45, 2.75) is 12.5 Å². The lowest BCUT2D eigenvalue weighted by Crippen LogP contribution is -2.57. The van der Waals surface area contributed by atoms with Gasteiger partial charge in [0, 0.05) is 6.54 Å². The molecule has 3 aliphatic heterocycles. The maximum atomic E-state index is 12.7. The number of cyclic esters (lactones) is 1. The van der Waals surface area contributed by atoms with Crippen LogP contribution in [0.5, 0.6) is 5.75 Å². The molecule has 0 N–H and O–H groups in total. The van der Waals surface area contributed by atoms with Crippen LogP contribution in [0.4, 0.5) is 9.59 Å². The van der Waals surface area contributed by atoms with Crippen LogP contribution in [0.15, 0.2) is 42.5 Å². The summed E-state index contributed by atoms with van der Waals surface area (Å²) in [5, 5.41) is 0. The highest BCUT2D eigenvalue weighted by molar-refractivity contribution is 5.95. The van der Waals surface area contributed by atoms with E-state index >= 15 is 0 Å². The summed E-state index contributed by atoms with van der Waals surface area (Å²) in [6, 6.07) is 8.43. The smallest absolute Gasteiger partial charge is 0.416 e. The van der Waals surface area contributed by atoms with Crippen molar-refractivity contribution in [1.29, 1.82) is 0 Å². The minimum Gasteiger partial charge on any atom is -0.447 e. The number of carbonyl (C=O) groups excluding carboxylic acids is 3. The zero-order chi connectivity index (χ0) is 17.4. The summed E-state index contributed by atoms with van der Waals surface area (Å²) >= 11 is 0. The zero-order valence-electron chi connectivity index (χ0n) is 13.5. The number of nitrogens with zero attached hydrogens (tertiary/aromatic N) is 2. The highest BCUT2D eigenvalue weighted by atomic mass is 16.6. The van der Waals surface area contributed by atoms with Gasteiger partial charge in [-0.15, -0.1) is 0 Å². The molecule has 0 radical (unpaired) electrons. The van der Waals surface area contributed by atoms with Crippen molar-refractivity contribution >= 4 is 18.1 Å². The van der Waals surface area contributed by atoms with Crippen molar-refractivity contribution in [2.75, 3.05) is 19.7 Å². The summed E-state index contributed by atoms with van der Waals surface area (Å²) in [6.45, 7) is 1.01. The lowest BCUT2D eigenvalue weighted by atomic mass is 9.77. The zero-order valence-corrected chi connectivity index (χ0v) is 13.5. The fraction of sp³-hybridized carbons (Fsp3) is 0.389. The molecule has 2 bridgehead atoms. The van der Waals surface area contributed by atoms with Gasteiger partial charge in [0.05, 0.1) is 18.5 Å². The fourth-order valence-electron chi connectivity index (χ4n) is 3.67. The van der Waals surface area contributed by atoms with Gasteiger partial charge < -0.3 is 14.4 Å². The first kappa shape index (κ1) is 15.7. The molecule has 1 aromatic carbocycles. The van der Waals surface area contributed by atoms with Crippen LogP contribution in [0.3, 0.4) is 0 Å². The molecule has 0 spiro atoms. The number of hydrogen-bond donors (Lipinski definition) is 0. The van der Waals surface area contributed by atoms with Gasteiger partial charge in [-0.1, -0.05) is 30.4 Å². The number of rotatable bonds is 2. The molecule has 3 amide bonds. The number of carbonyl (C=O) groups is 3. The molecular weight excluding hydrogens is 324 g/mol. The van der Waals surface area contributed by atoms with Crippen molar-refractivity contribution in [3.63, 3.8) is 0 Å². The van der Waals surface area contributed by atoms with Crippen LogP contribution in [0.2, 0.25) is 0 Å². The number of piperidine rings is 1. The lowest BCUT2D eigenvalue weighted by molar-refractivity contribution is -0.135. The van der Waals surface area contributed by atoms with Crippen LogP contribution in [0.1, 0.15) is 6.42 Å². The summed E-state index contributed by atoms with van der Waals surface area (Å²) in [6.07, 6.45) is 3.44. The lowest BCUT2D eigenvalue weighted by Gasteiger charge is -2.45. The molecule has 3 heterocycles. The minimum absolute atomic E-state index is 0.0842. The average molecular weight is 342 g/mol. The Hall–Kier alpha value is -2.83. The fourth-order valence-corrected chi connectivity index (χ4v) is 3.67. The van der Waals surface area contributed by atoms with Crippen molar-refractivity contribution in [3.05, 3.63) is 42.5 Å². The molecule has 25 heavy (non-hydrogen) atoms. The number of amides is 3. The van der Waals surface area contributed by atoms with Crippen LogP contribution in [-0.4, -0.2) is 53.6 Å². The number of para-hydroxylation sites is 1. The quantitative estimate of drug-likeness (QED) is 0.769. The summed E-state index contributed by atoms with van der Waals surface area (Å²) < 4.78 is 10.3. The Labute approximate surface area is 144 Å². The van der Waals surface area contributed by atoms with E-state index in [1.54, 1.807) is 29.2 Å². The second-order valence-corrected chi connectivity index (χ2v) is 6.42. The highest BCUT2D eigenvalue weighted by Crippen LogP contribution is 2.36. The monoisotopic (exact) mass is 342 g/mol. The highest BCUT2D eigenvalue weighted by Gasteiger charge is 2.47. The van der Waals surface area contributed by atoms with Crippen LogP contribution in [0, 0.1) is 11.8 Å². The molecule has 0 saturated carbocycles. The Morgan fingerprint density at radius 1 is 1.16 bits per heavy atom. The van der Waals surface area contributed by atoms with Gasteiger partial charge in [0.15, 0.2) is 0 Å². The van der Waals surface area contributed by atoms with Gasteiger partial charge in [-0.05, 0) is 24.5 Å². The Bertz CT molecular complexity index is 732. The van der Waals surface area contributed by atoms with Gasteiger partial charge in [-0.3, -0.25) is 4.79 Å². The first-order chi connectivity index (χ1) is 12.1. The van der Waals surface area contributed by atoms with Gasteiger partial charge in [-0.2, -0.15) is 0 Å². The van der Waals surface area contributed by atoms with Gasteiger partial charge in [-0.25, -0.2) is 14.5 Å². The molecule has 7 heteroatoms. The Balaban J connectivity index is 1.51. The van der Waals surface area contributed by atoms with Crippen molar-refractivity contribution < 1.29 is 23.9 Å². The molecule has 2 saturated heterocycles. The first-order valence-electron chi connectivity index (χ1n) is 8.33. The van der Waals surface area contributed by atoms with E-state index in [1.807, 2.05) is 18.2 Å². The normalized spacial score (nSPS) is 27.4. The number of imide groups is 1. The molecule has 7 nitrogen and oxygen atoms in total. The van der Waals surface area contributed by atoms with E-state index in [1.165, 1.54) is 0 Å². The number of benzene rings is 1. The molecule has 2 unspecified atom stereocenters. The minimum atomic E-state index is -0.603. The van der Waals surface area contributed by atoms with Crippen LogP contribution in [0.25, 0.3) is 0 Å². The van der Waals surface area contributed by atoms with Crippen LogP contribution < -0.4 is 4.74 Å². The maximum absolute atomic E-state index is 12.7. The molecule has 5 rings (SSSR count). The maximum Gasteiger partial charge on any atom is 0.416 e. The Kier molecular flexibility index (Phi) is 3.91. The van der Waals surface area contributed by atoms with E-state index in [0.717, 1.165) is 4.90 Å². The van der Waals surface area contributed by atoms with Crippen LogP contribution in [-0.2, 0) is 9.53 Å². The second kappa shape index (κ2) is 6.23. The third kappa shape index (κ3) is 2.86. The molecule has 1 aliphatic carbocycles. The van der Waals surface area contributed by atoms with Crippen LogP contribution >= 0.6 is 0 Å². The SMILES string of the molecule is O=C1OCCN1C(=O)[C@H]1CC2C=CC1N(C(=O)Oc1ccccc1)C2. The predicted octanol–water partition coefficient (Wildman–Crippen LogP) is 2.04. The summed E-state index contributed by atoms with van der Waals surface area (Å²) in [5.74, 6) is -0.179. The van der Waals surface area contributed by atoms with E-state index in [0.29, 0.717) is 18.7 Å². The molecule has 4 aliphatic rings. The molecule has 3 atom stereocenters. The molecule has 0 aromatic heterocycles. The van der Waals surface area contributed by atoms with Gasteiger partial charge >= 0.3 is 12.2 Å². The van der Waals surface area contributed by atoms with Crippen molar-refractivity contribution in [3.8, 4) is 5.75 Å². The summed E-state index contributed by atoms with van der Waals surface area (Å²) in [7, 11) is 0. The predicted molar refractivity (Wildman–Crippen MR) is 86.8 cm³/mol. The van der Waals surface area contributed by atoms with E-state index in [4.69, 9.17) is 9.47 Å². The van der Waals surface area contributed by atoms with Gasteiger partial charge in [0.1, 0.15) is 12.4 Å². The van der Waals surface area contributed by atoms with Gasteiger partial charge in [0.2, 0.25) is 5.91 Å². The van der Waals surface area contributed by atoms with E-state index < -0.39 is 24.1 Å². The summed E-state index contributed by atoms with van der Waals surface area (Å²) in [5.41, 5.74) is 0. The second-order valence-electron chi connectivity index (χ2n) is 6.42. The molecular formula is C18H18N2O5. The number of fused-ring (bicyclic) bond motifs is 2. The van der Waals surface area contributed by atoms with Gasteiger partial charge in [0.25, 0.3) is 0 Å². The largest absolute Gasteiger partial charge is 0.447 e. The van der Waals surface area contributed by atoms with Crippen molar-refractivity contribution in [2.24, 2.45) is 11.8 Å². The standard InChI is InChI=1S/C18H18N2O5/c21-16(19-8-9-24-17(19)22)14-10-12-6-7-15(14)20(11-12)18(23)25-13-4-2-1-3-5-13/h1-7,12,14-15H,8-11H2/t12?,14-,15?/m0/s1. The third-order valence-corrected chi connectivity index (χ3v) is 4.87. The van der Waals surface area contributed by atoms with Crippen molar-refractivity contribution in [1.82, 2.24) is 9.80 Å². The first-order valence-corrected chi connectivity index (χ1v) is 8.33. The number of hydrogen-bond acceptors (Lipinski definition) is 5. The van der Waals surface area contributed by atoms with E-state index in [9.17, 15) is 14.4 Å². The van der Waals surface area contributed by atoms with E-state index in [-0.39, 0.29) is 25.0 Å². The molecule has 130 valence electrons. The number of ether oxygens (including phenoxy) is 2. The Morgan fingerprint density at radius 2 is 1.96 bits per heavy atom. The van der Waals surface area contributed by atoms with E-state index in [2.05, 4.69) is 0 Å². The topological polar surface area (TPSA) is 76.2 Å². The molecule has 2 fully saturated rings. The third-order valence-electron chi connectivity index (χ3n) is 4.87. The Morgan fingerprint density at radius 3 is 2.64 bits per heavy atom.